The van der Waals surface area contributed by atoms with E-state index in [1.54, 1.807) is 48.4 Å². The molecular formula is C25H46N4O6S2. The molecule has 0 aliphatic rings. The normalized spacial score (nSPS) is 13.6. The molecule has 0 radical (unpaired) electrons. The number of esters is 1. The van der Waals surface area contributed by atoms with E-state index < -0.39 is 35.4 Å². The van der Waals surface area contributed by atoms with Gasteiger partial charge >= 0.3 is 18.2 Å². The largest absolute Gasteiger partial charge is 0.449 e. The first-order valence-electron chi connectivity index (χ1n) is 12.5. The molecule has 0 spiro atoms. The summed E-state index contributed by atoms with van der Waals surface area (Å²) in [5.74, 6) is 0.0382. The second-order valence-corrected chi connectivity index (χ2v) is 14.7. The van der Waals surface area contributed by atoms with Crippen LogP contribution >= 0.6 is 21.6 Å². The van der Waals surface area contributed by atoms with Gasteiger partial charge in [0.05, 0.1) is 6.04 Å². The number of amides is 2. The molecule has 0 heterocycles. The summed E-state index contributed by atoms with van der Waals surface area (Å²) in [6, 6.07) is 0.714. The van der Waals surface area contributed by atoms with Gasteiger partial charge in [0.25, 0.3) is 0 Å². The SMILES string of the molecule is CC(C)(C)OC(=O)N[C@H](CNCCCC[C@H](NC(=O)OC(C)(C)C)C(=O)OCC#N)CSSC(C)(C)C. The van der Waals surface area contributed by atoms with Crippen molar-refractivity contribution in [3.8, 4) is 6.07 Å². The van der Waals surface area contributed by atoms with Gasteiger partial charge in [0, 0.05) is 17.0 Å². The van der Waals surface area contributed by atoms with Gasteiger partial charge in [-0.1, -0.05) is 42.4 Å². The zero-order chi connectivity index (χ0) is 28.7. The minimum Gasteiger partial charge on any atom is -0.449 e. The molecule has 2 atom stereocenters. The van der Waals surface area contributed by atoms with Crippen molar-refractivity contribution >= 4 is 39.7 Å². The molecular weight excluding hydrogens is 516 g/mol. The summed E-state index contributed by atoms with van der Waals surface area (Å²) in [5, 5.41) is 17.5. The average molecular weight is 563 g/mol. The highest BCUT2D eigenvalue weighted by atomic mass is 33.1. The summed E-state index contributed by atoms with van der Waals surface area (Å²) in [7, 11) is 3.46. The number of ether oxygens (including phenoxy) is 3. The number of rotatable bonds is 14. The lowest BCUT2D eigenvalue weighted by Gasteiger charge is -2.25. The summed E-state index contributed by atoms with van der Waals surface area (Å²) < 4.78 is 15.6. The molecule has 0 saturated carbocycles. The summed E-state index contributed by atoms with van der Waals surface area (Å²) in [6.45, 7) is 17.9. The van der Waals surface area contributed by atoms with Gasteiger partial charge in [0.15, 0.2) is 6.61 Å². The lowest BCUT2D eigenvalue weighted by molar-refractivity contribution is -0.145. The predicted octanol–water partition coefficient (Wildman–Crippen LogP) is 4.78. The van der Waals surface area contributed by atoms with Crippen molar-refractivity contribution in [3.63, 3.8) is 0 Å². The van der Waals surface area contributed by atoms with Crippen molar-refractivity contribution < 1.29 is 28.6 Å². The zero-order valence-corrected chi connectivity index (χ0v) is 25.5. The topological polar surface area (TPSA) is 139 Å². The number of hydrogen-bond donors (Lipinski definition) is 3. The quantitative estimate of drug-likeness (QED) is 0.117. The Morgan fingerprint density at radius 1 is 0.892 bits per heavy atom. The number of nitriles is 1. The molecule has 0 bridgehead atoms. The summed E-state index contributed by atoms with van der Waals surface area (Å²) in [4.78, 5) is 36.7. The highest BCUT2D eigenvalue weighted by Crippen LogP contribution is 2.35. The molecule has 0 saturated heterocycles. The van der Waals surface area contributed by atoms with Crippen LogP contribution in [0.15, 0.2) is 0 Å². The molecule has 0 unspecified atom stereocenters. The number of nitrogens with zero attached hydrogens (tertiary/aromatic N) is 1. The first-order chi connectivity index (χ1) is 16.9. The Kier molecular flexibility index (Phi) is 16.0. The van der Waals surface area contributed by atoms with Crippen LogP contribution in [0, 0.1) is 11.3 Å². The third-order valence-corrected chi connectivity index (χ3v) is 7.46. The summed E-state index contributed by atoms with van der Waals surface area (Å²) in [5.41, 5.74) is -1.28. The van der Waals surface area contributed by atoms with Crippen LogP contribution in [0.5, 0.6) is 0 Å². The highest BCUT2D eigenvalue weighted by Gasteiger charge is 2.25. The van der Waals surface area contributed by atoms with Crippen LogP contribution in [0.25, 0.3) is 0 Å². The van der Waals surface area contributed by atoms with E-state index in [2.05, 4.69) is 36.7 Å². The van der Waals surface area contributed by atoms with Crippen LogP contribution in [0.1, 0.15) is 81.6 Å². The van der Waals surface area contributed by atoms with Crippen LogP contribution < -0.4 is 16.0 Å². The smallest absolute Gasteiger partial charge is 0.408 e. The van der Waals surface area contributed by atoms with E-state index in [0.29, 0.717) is 31.7 Å². The van der Waals surface area contributed by atoms with Crippen LogP contribution in [-0.2, 0) is 19.0 Å². The fraction of sp³-hybridized carbons (Fsp3) is 0.840. The lowest BCUT2D eigenvalue weighted by Crippen LogP contribution is -2.46. The van der Waals surface area contributed by atoms with E-state index in [-0.39, 0.29) is 17.4 Å². The first kappa shape index (κ1) is 35.2. The van der Waals surface area contributed by atoms with E-state index >= 15 is 0 Å². The van der Waals surface area contributed by atoms with Crippen molar-refractivity contribution in [2.24, 2.45) is 0 Å². The van der Waals surface area contributed by atoms with Gasteiger partial charge in [-0.25, -0.2) is 14.4 Å². The Morgan fingerprint density at radius 3 is 1.97 bits per heavy atom. The van der Waals surface area contributed by atoms with Gasteiger partial charge in [-0.15, -0.1) is 0 Å². The third-order valence-electron chi connectivity index (χ3n) is 4.04. The molecule has 214 valence electrons. The number of carbonyl (C=O) groups excluding carboxylic acids is 3. The van der Waals surface area contributed by atoms with E-state index in [1.165, 1.54) is 0 Å². The van der Waals surface area contributed by atoms with Gasteiger partial charge in [-0.3, -0.25) is 0 Å². The summed E-state index contributed by atoms with van der Waals surface area (Å²) >= 11 is 0. The molecule has 0 aromatic heterocycles. The van der Waals surface area contributed by atoms with Gasteiger partial charge < -0.3 is 30.2 Å². The Labute approximate surface area is 230 Å². The molecule has 0 aliphatic heterocycles. The molecule has 0 aromatic rings. The van der Waals surface area contributed by atoms with E-state index in [1.807, 2.05) is 20.8 Å². The fourth-order valence-corrected chi connectivity index (χ4v) is 5.24. The minimum atomic E-state index is -0.907. The Bertz CT molecular complexity index is 754. The second kappa shape index (κ2) is 16.9. The molecule has 2 amide bonds. The molecule has 10 nitrogen and oxygen atoms in total. The van der Waals surface area contributed by atoms with E-state index in [9.17, 15) is 14.4 Å². The third kappa shape index (κ3) is 21.9. The van der Waals surface area contributed by atoms with Crippen molar-refractivity contribution in [3.05, 3.63) is 0 Å². The van der Waals surface area contributed by atoms with Crippen molar-refractivity contribution in [1.82, 2.24) is 16.0 Å². The van der Waals surface area contributed by atoms with E-state index in [0.717, 1.165) is 6.42 Å². The molecule has 3 N–H and O–H groups in total. The number of hydrogen-bond acceptors (Lipinski definition) is 10. The van der Waals surface area contributed by atoms with Gasteiger partial charge in [0.2, 0.25) is 0 Å². The maximum atomic E-state index is 12.3. The number of nitrogens with one attached hydrogen (secondary N) is 3. The average Bonchev–Trinajstić information content (AvgIpc) is 2.69. The molecule has 0 aromatic carbocycles. The number of alkyl carbamates (subject to hydrolysis) is 2. The highest BCUT2D eigenvalue weighted by molar-refractivity contribution is 8.77. The minimum absolute atomic E-state index is 0.104. The van der Waals surface area contributed by atoms with E-state index in [4.69, 9.17) is 19.5 Å². The van der Waals surface area contributed by atoms with Crippen molar-refractivity contribution in [1.29, 1.82) is 5.26 Å². The van der Waals surface area contributed by atoms with Crippen LogP contribution in [0.3, 0.4) is 0 Å². The Balaban J connectivity index is 4.73. The molecule has 0 rings (SSSR count). The maximum Gasteiger partial charge on any atom is 0.408 e. The first-order valence-corrected chi connectivity index (χ1v) is 14.8. The summed E-state index contributed by atoms with van der Waals surface area (Å²) in [6.07, 6.45) is 0.511. The number of carbonyl (C=O) groups is 3. The predicted molar refractivity (Wildman–Crippen MR) is 149 cm³/mol. The molecule has 0 fully saturated rings. The van der Waals surface area contributed by atoms with Crippen LogP contribution in [-0.4, -0.2) is 71.6 Å². The number of unbranched alkanes of at least 4 members (excludes halogenated alkanes) is 1. The standard InChI is InChI=1S/C25H46N4O6S2/c1-23(2,3)34-21(31)28-18(17-36-37-25(7,8)9)16-27-14-11-10-12-19(20(30)33-15-13-26)29-22(32)35-24(4,5)6/h18-19,27H,10-12,14-17H2,1-9H3,(H,28,31)(H,29,32)/t18-,19+/m1/s1. The monoisotopic (exact) mass is 562 g/mol. The van der Waals surface area contributed by atoms with Gasteiger partial charge in [-0.2, -0.15) is 5.26 Å². The van der Waals surface area contributed by atoms with Crippen LogP contribution in [0.4, 0.5) is 9.59 Å². The second-order valence-electron chi connectivity index (χ2n) is 11.5. The Hall–Kier alpha value is -1.84. The van der Waals surface area contributed by atoms with Crippen molar-refractivity contribution in [2.45, 2.75) is 110 Å². The van der Waals surface area contributed by atoms with Gasteiger partial charge in [0.1, 0.15) is 23.3 Å². The molecule has 0 aliphatic carbocycles. The van der Waals surface area contributed by atoms with Gasteiger partial charge in [-0.05, 0) is 67.3 Å². The maximum absolute atomic E-state index is 12.3. The van der Waals surface area contributed by atoms with Crippen molar-refractivity contribution in [2.75, 3.05) is 25.4 Å². The fourth-order valence-electron chi connectivity index (χ4n) is 2.70. The molecule has 37 heavy (non-hydrogen) atoms. The zero-order valence-electron chi connectivity index (χ0n) is 23.8. The Morgan fingerprint density at radius 2 is 1.46 bits per heavy atom. The van der Waals surface area contributed by atoms with Crippen LogP contribution in [0.2, 0.25) is 0 Å². The lowest BCUT2D eigenvalue weighted by atomic mass is 10.1. The molecule has 12 heteroatoms.